The Hall–Kier alpha value is -6.22. The molecule has 1 aliphatic carbocycles. The summed E-state index contributed by atoms with van der Waals surface area (Å²) in [7, 11) is -2.57. The lowest BCUT2D eigenvalue weighted by atomic mass is 9.65. The lowest BCUT2D eigenvalue weighted by Crippen LogP contribution is -2.30. The highest BCUT2D eigenvalue weighted by Crippen LogP contribution is 2.48. The quantitative estimate of drug-likeness (QED) is 0.120. The molecular weight excluding hydrogens is 726 g/mol. The van der Waals surface area contributed by atoms with Crippen LogP contribution < -0.4 is 5.30 Å². The summed E-state index contributed by atoms with van der Waals surface area (Å²) in [5.74, 6) is 1.99. The fourth-order valence-electron chi connectivity index (χ4n) is 9.47. The second-order valence-corrected chi connectivity index (χ2v) is 19.3. The minimum atomic E-state index is -2.57. The fraction of sp³-hybridized carbons (Fsp3) is 0.151. The highest BCUT2D eigenvalue weighted by molar-refractivity contribution is 7.71. The molecule has 282 valence electrons. The van der Waals surface area contributed by atoms with Gasteiger partial charge >= 0.3 is 0 Å². The van der Waals surface area contributed by atoms with Gasteiger partial charge < -0.3 is 4.57 Å². The van der Waals surface area contributed by atoms with Crippen LogP contribution in [0.4, 0.5) is 0 Å². The largest absolute Gasteiger partial charge is 0.319 e. The first-order valence-corrected chi connectivity index (χ1v) is 23.0. The molecule has 1 aliphatic rings. The van der Waals surface area contributed by atoms with Crippen LogP contribution in [0.2, 0.25) is 0 Å². The summed E-state index contributed by atoms with van der Waals surface area (Å²) in [4.78, 5) is 15.1. The van der Waals surface area contributed by atoms with Gasteiger partial charge in [-0.25, -0.2) is 15.0 Å². The Balaban J connectivity index is 1.05. The zero-order valence-electron chi connectivity index (χ0n) is 32.9. The molecule has 5 heteroatoms. The van der Waals surface area contributed by atoms with Crippen molar-refractivity contribution in [3.8, 4) is 45.3 Å². The van der Waals surface area contributed by atoms with Gasteiger partial charge in [0.2, 0.25) is 0 Å². The second-order valence-electron chi connectivity index (χ2n) is 16.2. The topological polar surface area (TPSA) is 55.7 Å². The first-order chi connectivity index (χ1) is 28.4. The molecule has 0 radical (unpaired) electrons. The van der Waals surface area contributed by atoms with Crippen molar-refractivity contribution in [3.63, 3.8) is 0 Å². The number of rotatable bonds is 7. The molecule has 0 unspecified atom stereocenters. The molecule has 0 atom stereocenters. The Morgan fingerprint density at radius 1 is 0.431 bits per heavy atom. The predicted molar refractivity (Wildman–Crippen MR) is 243 cm³/mol. The van der Waals surface area contributed by atoms with Crippen LogP contribution in [0.3, 0.4) is 0 Å². The highest BCUT2D eigenvalue weighted by Gasteiger charge is 2.36. The van der Waals surface area contributed by atoms with Crippen LogP contribution in [0.25, 0.3) is 77.6 Å². The van der Waals surface area contributed by atoms with Gasteiger partial charge in [-0.15, -0.1) is 0 Å². The molecule has 0 saturated heterocycles. The Labute approximate surface area is 340 Å². The van der Waals surface area contributed by atoms with E-state index in [1.54, 1.807) is 0 Å². The molecule has 8 aromatic carbocycles. The van der Waals surface area contributed by atoms with Gasteiger partial charge in [-0.3, -0.25) is 0 Å². The molecule has 9 aromatic rings. The third-order valence-electron chi connectivity index (χ3n) is 12.2. The minimum Gasteiger partial charge on any atom is -0.319 e. The summed E-state index contributed by atoms with van der Waals surface area (Å²) in [6.07, 6.45) is 5.84. The number of benzene rings is 8. The van der Waals surface area contributed by atoms with Gasteiger partial charge in [0.25, 0.3) is 0 Å². The van der Waals surface area contributed by atoms with Crippen LogP contribution in [-0.2, 0) is 9.98 Å². The summed E-state index contributed by atoms with van der Waals surface area (Å²) in [5.41, 5.74) is 7.87. The van der Waals surface area contributed by atoms with E-state index in [-0.39, 0.29) is 5.41 Å². The minimum absolute atomic E-state index is 0.0923. The Morgan fingerprint density at radius 2 is 0.879 bits per heavy atom. The summed E-state index contributed by atoms with van der Waals surface area (Å²) in [6.45, 7) is 3.78. The summed E-state index contributed by atoms with van der Waals surface area (Å²) >= 11 is 0. The van der Waals surface area contributed by atoms with E-state index in [0.29, 0.717) is 17.5 Å². The zero-order valence-corrected chi connectivity index (χ0v) is 33.8. The van der Waals surface area contributed by atoms with Gasteiger partial charge in [0, 0.05) is 27.4 Å². The van der Waals surface area contributed by atoms with E-state index in [2.05, 4.69) is 152 Å². The van der Waals surface area contributed by atoms with E-state index in [1.165, 1.54) is 46.9 Å². The maximum atomic E-state index is 13.8. The average molecular weight is 770 g/mol. The van der Waals surface area contributed by atoms with Crippen molar-refractivity contribution in [1.82, 2.24) is 15.0 Å². The second kappa shape index (κ2) is 14.6. The van der Waals surface area contributed by atoms with Crippen molar-refractivity contribution in [2.24, 2.45) is 0 Å². The van der Waals surface area contributed by atoms with E-state index >= 15 is 0 Å². The van der Waals surface area contributed by atoms with Crippen LogP contribution >= 0.6 is 7.14 Å². The van der Waals surface area contributed by atoms with Gasteiger partial charge in [-0.1, -0.05) is 183 Å². The lowest BCUT2D eigenvalue weighted by molar-refractivity contribution is 0.346. The summed E-state index contributed by atoms with van der Waals surface area (Å²) in [6, 6.07) is 60.3. The van der Waals surface area contributed by atoms with Crippen LogP contribution in [0.1, 0.15) is 43.2 Å². The van der Waals surface area contributed by atoms with E-state index in [4.69, 9.17) is 15.0 Å². The standard InChI is InChI=1S/C53H44N3OP/c1-58(2,57)49-46-21-11-9-19-44(46)48(45-20-10-12-22-47(45)49)37-25-29-42(30-26-37)53(33-13-4-14-34-53)43-31-27-39(28-32-43)51-54-50(38-16-5-3-6-17-38)55-52(56-51)41-24-23-36-15-7-8-18-40(36)35-41/h3,5-12,15-32,35H,4,13-14,33-34H2,1-2H3. The van der Waals surface area contributed by atoms with Gasteiger partial charge in [-0.2, -0.15) is 0 Å². The Morgan fingerprint density at radius 3 is 1.45 bits per heavy atom. The normalized spacial score (nSPS) is 14.2. The van der Waals surface area contributed by atoms with E-state index in [1.807, 2.05) is 31.5 Å². The van der Waals surface area contributed by atoms with Crippen LogP contribution in [0.15, 0.2) is 170 Å². The van der Waals surface area contributed by atoms with Gasteiger partial charge in [0.15, 0.2) is 17.5 Å². The molecule has 1 saturated carbocycles. The molecule has 10 rings (SSSR count). The third-order valence-corrected chi connectivity index (χ3v) is 13.8. The molecule has 0 N–H and O–H groups in total. The van der Waals surface area contributed by atoms with Crippen molar-refractivity contribution in [1.29, 1.82) is 0 Å². The molecule has 1 fully saturated rings. The van der Waals surface area contributed by atoms with Crippen LogP contribution in [0.5, 0.6) is 0 Å². The molecule has 4 nitrogen and oxygen atoms in total. The number of hydrogen-bond donors (Lipinski definition) is 0. The van der Waals surface area contributed by atoms with Crippen molar-refractivity contribution in [2.45, 2.75) is 37.5 Å². The van der Waals surface area contributed by atoms with Crippen molar-refractivity contribution in [3.05, 3.63) is 181 Å². The monoisotopic (exact) mass is 769 g/mol. The maximum Gasteiger partial charge on any atom is 0.164 e. The number of fused-ring (bicyclic) bond motifs is 3. The maximum absolute atomic E-state index is 13.8. The van der Waals surface area contributed by atoms with Crippen molar-refractivity contribution < 1.29 is 4.57 Å². The average Bonchev–Trinajstić information content (AvgIpc) is 3.28. The number of nitrogens with zero attached hydrogens (tertiary/aromatic N) is 3. The molecule has 1 heterocycles. The molecular formula is C53H44N3OP. The molecule has 0 amide bonds. The molecule has 0 aliphatic heterocycles. The molecule has 58 heavy (non-hydrogen) atoms. The molecule has 1 aromatic heterocycles. The third kappa shape index (κ3) is 6.42. The number of aromatic nitrogens is 3. The predicted octanol–water partition coefficient (Wildman–Crippen LogP) is 13.5. The number of hydrogen-bond acceptors (Lipinski definition) is 4. The zero-order chi connectivity index (χ0) is 39.3. The Bertz CT molecular complexity index is 2960. The van der Waals surface area contributed by atoms with Crippen LogP contribution in [0, 0.1) is 0 Å². The first kappa shape index (κ1) is 36.1. The van der Waals surface area contributed by atoms with E-state index in [0.717, 1.165) is 61.8 Å². The van der Waals surface area contributed by atoms with Crippen LogP contribution in [-0.4, -0.2) is 28.3 Å². The SMILES string of the molecule is CP(C)(=O)c1c2ccccc2c(-c2ccc(C3(c4ccc(-c5nc(-c6ccccc6)nc(-c6ccc7ccccc7c6)n5)cc4)CCCCC3)cc2)c2ccccc12. The molecule has 0 bridgehead atoms. The van der Waals surface area contributed by atoms with Gasteiger partial charge in [0.05, 0.1) is 0 Å². The Kier molecular flexibility index (Phi) is 9.11. The van der Waals surface area contributed by atoms with Crippen molar-refractivity contribution >= 4 is 44.8 Å². The van der Waals surface area contributed by atoms with Crippen molar-refractivity contribution in [2.75, 3.05) is 13.3 Å². The highest BCUT2D eigenvalue weighted by atomic mass is 31.2. The summed E-state index contributed by atoms with van der Waals surface area (Å²) in [5, 5.41) is 7.77. The smallest absolute Gasteiger partial charge is 0.164 e. The summed E-state index contributed by atoms with van der Waals surface area (Å²) < 4.78 is 13.8. The van der Waals surface area contributed by atoms with E-state index in [9.17, 15) is 4.57 Å². The first-order valence-electron chi connectivity index (χ1n) is 20.4. The molecule has 0 spiro atoms. The van der Waals surface area contributed by atoms with E-state index < -0.39 is 7.14 Å². The fourth-order valence-corrected chi connectivity index (χ4v) is 11.0. The van der Waals surface area contributed by atoms with Gasteiger partial charge in [0.1, 0.15) is 7.14 Å². The lowest BCUT2D eigenvalue weighted by Gasteiger charge is -2.39. The van der Waals surface area contributed by atoms with Gasteiger partial charge in [-0.05, 0) is 86.8 Å².